The van der Waals surface area contributed by atoms with E-state index in [9.17, 15) is 26.9 Å². The average molecular weight is 554 g/mol. The lowest BCUT2D eigenvalue weighted by Gasteiger charge is -2.29. The molecule has 1 aromatic heterocycles. The van der Waals surface area contributed by atoms with Crippen molar-refractivity contribution in [1.29, 1.82) is 5.26 Å². The van der Waals surface area contributed by atoms with Crippen LogP contribution in [0.25, 0.3) is 0 Å². The fraction of sp³-hybridized carbons (Fsp3) is 0.600. The van der Waals surface area contributed by atoms with Gasteiger partial charge in [-0.05, 0) is 43.5 Å². The number of hydrogen-bond donors (Lipinski definition) is 1. The molecule has 2 aromatic rings. The van der Waals surface area contributed by atoms with Gasteiger partial charge in [-0.15, -0.1) is 11.8 Å². The lowest BCUT2D eigenvalue weighted by molar-refractivity contribution is -0.192. The maximum Gasteiger partial charge on any atom is 0.490 e. The molecule has 0 aliphatic carbocycles. The molecule has 0 spiro atoms. The predicted octanol–water partition coefficient (Wildman–Crippen LogP) is 2.86. The van der Waals surface area contributed by atoms with Gasteiger partial charge in [0.2, 0.25) is 10.0 Å². The Labute approximate surface area is 209 Å². The van der Waals surface area contributed by atoms with E-state index < -0.39 is 22.2 Å². The van der Waals surface area contributed by atoms with Crippen molar-refractivity contribution in [3.05, 3.63) is 24.3 Å². The molecule has 2 aliphatic rings. The number of aliphatic carboxylic acids is 1. The van der Waals surface area contributed by atoms with E-state index in [1.165, 1.54) is 4.31 Å². The van der Waals surface area contributed by atoms with Crippen LogP contribution in [-0.2, 0) is 14.8 Å². The third-order valence-electron chi connectivity index (χ3n) is 5.73. The Morgan fingerprint density at radius 2 is 1.86 bits per heavy atom. The molecule has 4 rings (SSSR count). The van der Waals surface area contributed by atoms with Gasteiger partial charge >= 0.3 is 12.1 Å². The van der Waals surface area contributed by atoms with Gasteiger partial charge < -0.3 is 9.84 Å². The van der Waals surface area contributed by atoms with Crippen LogP contribution in [0.15, 0.2) is 33.8 Å². The molecule has 11 nitrogen and oxygen atoms in total. The Morgan fingerprint density at radius 3 is 2.33 bits per heavy atom. The Morgan fingerprint density at radius 1 is 1.28 bits per heavy atom. The number of sulfonamides is 1. The number of benzene rings is 1. The fourth-order valence-corrected chi connectivity index (χ4v) is 6.51. The predicted molar refractivity (Wildman–Crippen MR) is 123 cm³/mol. The lowest BCUT2D eigenvalue weighted by atomic mass is 10.1. The van der Waals surface area contributed by atoms with E-state index in [1.54, 1.807) is 53.0 Å². The largest absolute Gasteiger partial charge is 0.497 e. The molecular weight excluding hydrogens is 527 g/mol. The maximum absolute atomic E-state index is 12.9. The third-order valence-corrected chi connectivity index (χ3v) is 9.09. The van der Waals surface area contributed by atoms with Crippen molar-refractivity contribution in [2.75, 3.05) is 31.0 Å². The van der Waals surface area contributed by atoms with Gasteiger partial charge in [0.15, 0.2) is 0 Å². The van der Waals surface area contributed by atoms with Crippen molar-refractivity contribution >= 4 is 27.8 Å². The number of carboxylic acids is 1. The zero-order chi connectivity index (χ0) is 26.7. The number of rotatable bonds is 6. The number of carbonyl (C=O) groups is 1. The van der Waals surface area contributed by atoms with Gasteiger partial charge in [-0.25, -0.2) is 22.9 Å². The van der Waals surface area contributed by atoms with Crippen LogP contribution in [0, 0.1) is 11.3 Å². The molecule has 1 N–H and O–H groups in total. The average Bonchev–Trinajstić information content (AvgIpc) is 3.54. The molecule has 3 heterocycles. The van der Waals surface area contributed by atoms with Crippen LogP contribution in [0.3, 0.4) is 0 Å². The lowest BCUT2D eigenvalue weighted by Crippen LogP contribution is -2.43. The van der Waals surface area contributed by atoms with Crippen molar-refractivity contribution in [1.82, 2.24) is 14.1 Å². The molecule has 2 aliphatic heterocycles. The molecule has 200 valence electrons. The number of piperidine rings is 1. The highest BCUT2D eigenvalue weighted by molar-refractivity contribution is 8.00. The van der Waals surface area contributed by atoms with Gasteiger partial charge in [-0.1, -0.05) is 11.8 Å². The summed E-state index contributed by atoms with van der Waals surface area (Å²) in [6, 6.07) is 8.70. The summed E-state index contributed by atoms with van der Waals surface area (Å²) in [5.41, 5.74) is 0. The Bertz CT molecular complexity index is 1160. The second-order valence-corrected chi connectivity index (χ2v) is 11.1. The number of nitriles is 1. The SMILES string of the molecule is CCC1SCC(C#N)N1n1on1C1CCN(S(=O)(=O)c2ccc(OC)cc2)CC1.O=C(O)C(F)(F)F. The van der Waals surface area contributed by atoms with Gasteiger partial charge in [0, 0.05) is 23.8 Å². The van der Waals surface area contributed by atoms with Crippen molar-refractivity contribution in [2.24, 2.45) is 0 Å². The minimum absolute atomic E-state index is 0.0970. The van der Waals surface area contributed by atoms with Gasteiger partial charge in [0.1, 0.15) is 11.8 Å². The number of thioether (sulfide) groups is 1. The standard InChI is InChI=1S/C18H25N5O4S2.C2HF3O2/c1-3-18-21(15(12-19)13-28-18)23-22(27-23)14-8-10-20(11-9-14)29(24,25)17-6-4-16(26-2)5-7-17;3-2(4,5)1(6)7/h4-7,14-15,18H,3,8-11,13H2,1-2H3;(H,6,7). The van der Waals surface area contributed by atoms with E-state index in [0.29, 0.717) is 31.7 Å². The topological polar surface area (TPSA) is 134 Å². The Balaban J connectivity index is 0.000000454. The summed E-state index contributed by atoms with van der Waals surface area (Å²) in [4.78, 5) is 12.7. The van der Waals surface area contributed by atoms with Crippen molar-refractivity contribution in [3.8, 4) is 11.8 Å². The number of aromatic nitrogens is 2. The highest BCUT2D eigenvalue weighted by Crippen LogP contribution is 2.34. The summed E-state index contributed by atoms with van der Waals surface area (Å²) in [5.74, 6) is -1.36. The van der Waals surface area contributed by atoms with Crippen LogP contribution in [0.1, 0.15) is 32.2 Å². The number of alkyl halides is 3. The van der Waals surface area contributed by atoms with Crippen LogP contribution in [-0.4, -0.2) is 77.2 Å². The van der Waals surface area contributed by atoms with Crippen molar-refractivity contribution < 1.29 is 40.9 Å². The number of carboxylic acid groups (broad SMARTS) is 1. The van der Waals surface area contributed by atoms with Crippen molar-refractivity contribution in [3.63, 3.8) is 0 Å². The maximum atomic E-state index is 12.9. The third kappa shape index (κ3) is 6.13. The van der Waals surface area contributed by atoms with Gasteiger partial charge in [-0.2, -0.15) is 22.7 Å². The van der Waals surface area contributed by atoms with E-state index in [1.807, 2.05) is 5.01 Å². The summed E-state index contributed by atoms with van der Waals surface area (Å²) in [7, 11) is -1.97. The van der Waals surface area contributed by atoms with E-state index in [-0.39, 0.29) is 22.4 Å². The van der Waals surface area contributed by atoms with Gasteiger partial charge in [-0.3, -0.25) is 0 Å². The minimum Gasteiger partial charge on any atom is -0.497 e. The summed E-state index contributed by atoms with van der Waals surface area (Å²) in [6.07, 6.45) is -2.82. The highest BCUT2D eigenvalue weighted by atomic mass is 32.2. The first-order valence-corrected chi connectivity index (χ1v) is 13.4. The van der Waals surface area contributed by atoms with Crippen molar-refractivity contribution in [2.45, 2.75) is 54.7 Å². The molecule has 2 fully saturated rings. The molecule has 36 heavy (non-hydrogen) atoms. The number of nitrogens with zero attached hydrogens (tertiary/aromatic N) is 5. The number of hydrogen-bond acceptors (Lipinski definition) is 8. The smallest absolute Gasteiger partial charge is 0.490 e. The first-order chi connectivity index (χ1) is 16.9. The van der Waals surface area contributed by atoms with Gasteiger partial charge in [0.25, 0.3) is 0 Å². The zero-order valence-corrected chi connectivity index (χ0v) is 21.1. The molecule has 2 unspecified atom stereocenters. The Kier molecular flexibility index (Phi) is 8.57. The molecule has 0 radical (unpaired) electrons. The molecule has 0 bridgehead atoms. The minimum atomic E-state index is -5.08. The van der Waals surface area contributed by atoms with E-state index in [4.69, 9.17) is 19.3 Å². The van der Waals surface area contributed by atoms with E-state index >= 15 is 0 Å². The van der Waals surface area contributed by atoms with E-state index in [2.05, 4.69) is 13.0 Å². The van der Waals surface area contributed by atoms with E-state index in [0.717, 1.165) is 12.2 Å². The quantitative estimate of drug-likeness (QED) is 0.573. The Hall–Kier alpha value is -2.77. The van der Waals surface area contributed by atoms with Crippen LogP contribution in [0.5, 0.6) is 5.75 Å². The summed E-state index contributed by atoms with van der Waals surface area (Å²) >= 11 is 1.76. The number of halogens is 3. The fourth-order valence-electron chi connectivity index (χ4n) is 3.80. The molecular formula is C20H26F3N5O6S2. The number of ether oxygens (including phenoxy) is 1. The van der Waals surface area contributed by atoms with Crippen LogP contribution in [0.2, 0.25) is 0 Å². The van der Waals surface area contributed by atoms with Crippen LogP contribution >= 0.6 is 11.8 Å². The normalized spacial score (nSPS) is 21.6. The summed E-state index contributed by atoms with van der Waals surface area (Å²) in [6.45, 7) is 2.96. The first kappa shape index (κ1) is 27.8. The second-order valence-electron chi connectivity index (χ2n) is 7.97. The molecule has 0 saturated carbocycles. The van der Waals surface area contributed by atoms with Crippen LogP contribution in [0.4, 0.5) is 13.2 Å². The highest BCUT2D eigenvalue weighted by Gasteiger charge is 2.41. The molecule has 2 atom stereocenters. The first-order valence-electron chi connectivity index (χ1n) is 10.9. The molecule has 0 amide bonds. The monoisotopic (exact) mass is 553 g/mol. The molecule has 1 aromatic carbocycles. The number of methoxy groups -OCH3 is 1. The summed E-state index contributed by atoms with van der Waals surface area (Å²) in [5, 5.41) is 18.7. The van der Waals surface area contributed by atoms with Crippen LogP contribution < -0.4 is 9.75 Å². The van der Waals surface area contributed by atoms with Gasteiger partial charge in [0.05, 0.1) is 29.5 Å². The zero-order valence-electron chi connectivity index (χ0n) is 19.5. The molecule has 16 heteroatoms. The molecule has 2 saturated heterocycles. The second kappa shape index (κ2) is 11.1. The summed E-state index contributed by atoms with van der Waals surface area (Å²) < 4.78 is 69.8.